The number of benzene rings is 2. The van der Waals surface area contributed by atoms with Crippen LogP contribution in [0.2, 0.25) is 0 Å². The molecule has 5 heteroatoms. The zero-order valence-corrected chi connectivity index (χ0v) is 13.3. The number of fused-ring (bicyclic) bond motifs is 1. The molecule has 2 aromatic carbocycles. The first-order chi connectivity index (χ1) is 10.5. The minimum Gasteiger partial charge on any atom is -0.352 e. The Morgan fingerprint density at radius 2 is 1.86 bits per heavy atom. The first-order valence-electron chi connectivity index (χ1n) is 7.16. The molecule has 1 N–H and O–H groups in total. The average molecular weight is 317 g/mol. The molecule has 22 heavy (non-hydrogen) atoms. The summed E-state index contributed by atoms with van der Waals surface area (Å²) in [6.07, 6.45) is 3.17. The van der Waals surface area contributed by atoms with E-state index in [0.717, 1.165) is 16.3 Å². The van der Waals surface area contributed by atoms with Gasteiger partial charge >= 0.3 is 0 Å². The number of sulfone groups is 1. The van der Waals surface area contributed by atoms with Crippen LogP contribution in [0.3, 0.4) is 0 Å². The third kappa shape index (κ3) is 4.43. The van der Waals surface area contributed by atoms with E-state index in [1.807, 2.05) is 42.5 Å². The van der Waals surface area contributed by atoms with Crippen LogP contribution in [-0.4, -0.2) is 32.4 Å². The number of nitrogens with one attached hydrogen (secondary N) is 1. The Hall–Kier alpha value is -2.14. The molecule has 0 aliphatic carbocycles. The highest BCUT2D eigenvalue weighted by Crippen LogP contribution is 2.19. The van der Waals surface area contributed by atoms with Gasteiger partial charge in [-0.15, -0.1) is 0 Å². The summed E-state index contributed by atoms with van der Waals surface area (Å²) in [7, 11) is -3.05. The maximum Gasteiger partial charge on any atom is 0.244 e. The smallest absolute Gasteiger partial charge is 0.244 e. The van der Waals surface area contributed by atoms with Gasteiger partial charge in [-0.25, -0.2) is 8.42 Å². The van der Waals surface area contributed by atoms with Crippen LogP contribution in [0.4, 0.5) is 0 Å². The lowest BCUT2D eigenvalue weighted by atomic mass is 10.0. The molecule has 1 amide bonds. The number of carbonyl (C=O) groups is 1. The molecular formula is C17H19NO3S. The summed E-state index contributed by atoms with van der Waals surface area (Å²) in [5, 5.41) is 4.77. The number of amides is 1. The number of carbonyl (C=O) groups excluding carboxylic acids is 1. The molecule has 0 saturated heterocycles. The fraction of sp³-hybridized carbons (Fsp3) is 0.235. The van der Waals surface area contributed by atoms with Crippen molar-refractivity contribution in [1.29, 1.82) is 0 Å². The van der Waals surface area contributed by atoms with Crippen LogP contribution < -0.4 is 5.32 Å². The Balaban J connectivity index is 2.00. The monoisotopic (exact) mass is 317 g/mol. The lowest BCUT2D eigenvalue weighted by molar-refractivity contribution is -0.116. The molecule has 4 nitrogen and oxygen atoms in total. The summed E-state index contributed by atoms with van der Waals surface area (Å²) >= 11 is 0. The molecule has 0 bridgehead atoms. The van der Waals surface area contributed by atoms with Gasteiger partial charge in [0.25, 0.3) is 0 Å². The van der Waals surface area contributed by atoms with Crippen LogP contribution >= 0.6 is 0 Å². The predicted molar refractivity (Wildman–Crippen MR) is 90.3 cm³/mol. The van der Waals surface area contributed by atoms with Gasteiger partial charge in [0.1, 0.15) is 0 Å². The van der Waals surface area contributed by atoms with Crippen LogP contribution in [0, 0.1) is 0 Å². The maximum absolute atomic E-state index is 11.7. The molecule has 2 rings (SSSR count). The van der Waals surface area contributed by atoms with Gasteiger partial charge in [-0.05, 0) is 22.4 Å². The zero-order valence-electron chi connectivity index (χ0n) is 12.5. The van der Waals surface area contributed by atoms with Gasteiger partial charge < -0.3 is 5.32 Å². The Morgan fingerprint density at radius 3 is 2.64 bits per heavy atom. The molecule has 0 radical (unpaired) electrons. The van der Waals surface area contributed by atoms with E-state index >= 15 is 0 Å². The molecule has 0 aliphatic rings. The number of hydrogen-bond donors (Lipinski definition) is 1. The van der Waals surface area contributed by atoms with Gasteiger partial charge in [-0.2, -0.15) is 0 Å². The van der Waals surface area contributed by atoms with Crippen molar-refractivity contribution in [3.8, 4) is 0 Å². The van der Waals surface area contributed by atoms with Crippen LogP contribution in [0.15, 0.2) is 48.5 Å². The molecule has 0 aliphatic heterocycles. The van der Waals surface area contributed by atoms with Crippen molar-refractivity contribution in [3.05, 3.63) is 54.1 Å². The molecule has 0 unspecified atom stereocenters. The number of rotatable bonds is 6. The standard InChI is InChI=1S/C17H19NO3S/c1-2-22(20,21)13-12-18-17(19)11-10-15-8-5-7-14-6-3-4-9-16(14)15/h3-11H,2,12-13H2,1H3,(H,18,19)/b11-10-. The quantitative estimate of drug-likeness (QED) is 0.832. The van der Waals surface area contributed by atoms with Gasteiger partial charge in [0.2, 0.25) is 5.91 Å². The summed E-state index contributed by atoms with van der Waals surface area (Å²) in [4.78, 5) is 11.7. The highest BCUT2D eigenvalue weighted by Gasteiger charge is 2.07. The molecule has 0 aromatic heterocycles. The SMILES string of the molecule is CCS(=O)(=O)CCNC(=O)/C=C\c1cccc2ccccc12. The molecule has 0 heterocycles. The third-order valence-corrected chi connectivity index (χ3v) is 5.10. The Labute approximate surface area is 130 Å². The van der Waals surface area contributed by atoms with E-state index in [1.165, 1.54) is 6.08 Å². The third-order valence-electron chi connectivity index (χ3n) is 3.39. The minimum absolute atomic E-state index is 0.0304. The van der Waals surface area contributed by atoms with Crippen molar-refractivity contribution < 1.29 is 13.2 Å². The topological polar surface area (TPSA) is 63.2 Å². The normalized spacial score (nSPS) is 11.9. The summed E-state index contributed by atoms with van der Waals surface area (Å²) < 4.78 is 22.7. The first kappa shape index (κ1) is 16.2. The zero-order chi connectivity index (χ0) is 16.0. The average Bonchev–Trinajstić information content (AvgIpc) is 2.52. The van der Waals surface area contributed by atoms with E-state index in [4.69, 9.17) is 0 Å². The summed E-state index contributed by atoms with van der Waals surface area (Å²) in [5.41, 5.74) is 0.953. The second kappa shape index (κ2) is 7.22. The summed E-state index contributed by atoms with van der Waals surface area (Å²) in [5.74, 6) is -0.231. The molecule has 0 fully saturated rings. The van der Waals surface area contributed by atoms with E-state index in [9.17, 15) is 13.2 Å². The number of hydrogen-bond acceptors (Lipinski definition) is 3. The van der Waals surface area contributed by atoms with Crippen molar-refractivity contribution in [1.82, 2.24) is 5.32 Å². The molecule has 0 spiro atoms. The van der Waals surface area contributed by atoms with Crippen molar-refractivity contribution in [2.75, 3.05) is 18.1 Å². The maximum atomic E-state index is 11.7. The van der Waals surface area contributed by atoms with Gasteiger partial charge in [0, 0.05) is 18.4 Å². The van der Waals surface area contributed by atoms with E-state index in [-0.39, 0.29) is 24.0 Å². The van der Waals surface area contributed by atoms with Crippen LogP contribution in [0.5, 0.6) is 0 Å². The van der Waals surface area contributed by atoms with Crippen molar-refractivity contribution in [2.45, 2.75) is 6.92 Å². The highest BCUT2D eigenvalue weighted by atomic mass is 32.2. The Morgan fingerprint density at radius 1 is 1.14 bits per heavy atom. The second-order valence-electron chi connectivity index (χ2n) is 4.93. The van der Waals surface area contributed by atoms with E-state index in [0.29, 0.717) is 0 Å². The first-order valence-corrected chi connectivity index (χ1v) is 8.98. The predicted octanol–water partition coefficient (Wildman–Crippen LogP) is 2.40. The van der Waals surface area contributed by atoms with E-state index in [2.05, 4.69) is 5.32 Å². The van der Waals surface area contributed by atoms with Gasteiger partial charge in [0.05, 0.1) is 5.75 Å². The summed E-state index contributed by atoms with van der Waals surface area (Å²) in [6, 6.07) is 13.8. The molecule has 116 valence electrons. The molecule has 2 aromatic rings. The molecule has 0 saturated carbocycles. The van der Waals surface area contributed by atoms with Crippen molar-refractivity contribution >= 4 is 32.6 Å². The van der Waals surface area contributed by atoms with Gasteiger partial charge in [-0.1, -0.05) is 49.4 Å². The van der Waals surface area contributed by atoms with Crippen LogP contribution in [0.1, 0.15) is 12.5 Å². The second-order valence-corrected chi connectivity index (χ2v) is 7.40. The molecule has 0 atom stereocenters. The minimum atomic E-state index is -3.05. The van der Waals surface area contributed by atoms with E-state index in [1.54, 1.807) is 13.0 Å². The van der Waals surface area contributed by atoms with Crippen LogP contribution in [0.25, 0.3) is 16.8 Å². The van der Waals surface area contributed by atoms with Crippen LogP contribution in [-0.2, 0) is 14.6 Å². The van der Waals surface area contributed by atoms with Gasteiger partial charge in [-0.3, -0.25) is 4.79 Å². The van der Waals surface area contributed by atoms with Gasteiger partial charge in [0.15, 0.2) is 9.84 Å². The van der Waals surface area contributed by atoms with Crippen molar-refractivity contribution in [3.63, 3.8) is 0 Å². The Kier molecular flexibility index (Phi) is 5.33. The lowest BCUT2D eigenvalue weighted by Crippen LogP contribution is -2.28. The van der Waals surface area contributed by atoms with E-state index < -0.39 is 9.84 Å². The fourth-order valence-corrected chi connectivity index (χ4v) is 2.80. The lowest BCUT2D eigenvalue weighted by Gasteiger charge is -2.03. The fourth-order valence-electron chi connectivity index (χ4n) is 2.09. The highest BCUT2D eigenvalue weighted by molar-refractivity contribution is 7.91. The Bertz CT molecular complexity index is 789. The van der Waals surface area contributed by atoms with Crippen molar-refractivity contribution in [2.24, 2.45) is 0 Å². The largest absolute Gasteiger partial charge is 0.352 e. The molecular weight excluding hydrogens is 298 g/mol. The summed E-state index contributed by atoms with van der Waals surface area (Å²) in [6.45, 7) is 1.73.